The van der Waals surface area contributed by atoms with E-state index in [0.29, 0.717) is 16.0 Å². The van der Waals surface area contributed by atoms with Gasteiger partial charge in [-0.15, -0.1) is 11.3 Å². The highest BCUT2D eigenvalue weighted by atomic mass is 32.1. The van der Waals surface area contributed by atoms with Crippen LogP contribution in [0.1, 0.15) is 46.3 Å². The van der Waals surface area contributed by atoms with Crippen LogP contribution < -0.4 is 11.1 Å². The lowest BCUT2D eigenvalue weighted by Gasteiger charge is -2.12. The molecule has 2 rings (SSSR count). The zero-order valence-corrected chi connectivity index (χ0v) is 14.6. The predicted molar refractivity (Wildman–Crippen MR) is 89.8 cm³/mol. The van der Waals surface area contributed by atoms with Gasteiger partial charge in [0.15, 0.2) is 11.6 Å². The summed E-state index contributed by atoms with van der Waals surface area (Å²) in [6.07, 6.45) is 0. The van der Waals surface area contributed by atoms with E-state index < -0.39 is 17.6 Å². The van der Waals surface area contributed by atoms with E-state index in [9.17, 15) is 18.8 Å². The van der Waals surface area contributed by atoms with Gasteiger partial charge < -0.3 is 15.8 Å². The first kappa shape index (κ1) is 18.8. The zero-order valence-electron chi connectivity index (χ0n) is 13.8. The van der Waals surface area contributed by atoms with Crippen molar-refractivity contribution >= 4 is 22.3 Å². The number of anilines is 1. The van der Waals surface area contributed by atoms with Gasteiger partial charge in [0.05, 0.1) is 17.7 Å². The molecule has 1 atom stereocenters. The van der Waals surface area contributed by atoms with Crippen molar-refractivity contribution in [3.63, 3.8) is 0 Å². The van der Waals surface area contributed by atoms with Crippen LogP contribution in [0, 0.1) is 23.0 Å². The second-order valence-corrected chi connectivity index (χ2v) is 6.44. The minimum absolute atomic E-state index is 0.210. The van der Waals surface area contributed by atoms with Crippen LogP contribution in [-0.4, -0.2) is 12.6 Å². The average Bonchev–Trinajstić information content (AvgIpc) is 2.91. The number of quaternary nitrogens is 1. The molecule has 25 heavy (non-hydrogen) atoms. The molecule has 4 N–H and O–H groups in total. The first-order chi connectivity index (χ1) is 11.9. The van der Waals surface area contributed by atoms with Crippen LogP contribution in [0.4, 0.5) is 13.8 Å². The normalized spacial score (nSPS) is 11.8. The number of hydrogen-bond acceptors (Lipinski definition) is 5. The fourth-order valence-corrected chi connectivity index (χ4v) is 3.33. The van der Waals surface area contributed by atoms with Crippen molar-refractivity contribution in [2.45, 2.75) is 26.4 Å². The molecule has 0 aliphatic heterocycles. The molecule has 0 bridgehead atoms. The molecule has 0 fully saturated rings. The number of hydrogen-bond donors (Lipinski definition) is 2. The van der Waals surface area contributed by atoms with E-state index in [2.05, 4.69) is 0 Å². The van der Waals surface area contributed by atoms with E-state index in [1.165, 1.54) is 6.07 Å². The van der Waals surface area contributed by atoms with Crippen molar-refractivity contribution in [1.29, 1.82) is 5.26 Å². The van der Waals surface area contributed by atoms with Crippen LogP contribution in [0.3, 0.4) is 0 Å². The highest BCUT2D eigenvalue weighted by Crippen LogP contribution is 2.30. The van der Waals surface area contributed by atoms with Crippen molar-refractivity contribution in [3.05, 3.63) is 51.4 Å². The molecule has 2 aromatic rings. The highest BCUT2D eigenvalue weighted by molar-refractivity contribution is 7.18. The van der Waals surface area contributed by atoms with Gasteiger partial charge in [-0.1, -0.05) is 0 Å². The molecule has 8 heteroatoms. The maximum atomic E-state index is 13.4. The third kappa shape index (κ3) is 4.13. The summed E-state index contributed by atoms with van der Waals surface area (Å²) in [6.45, 7) is 4.01. The van der Waals surface area contributed by atoms with Crippen LogP contribution in [0.15, 0.2) is 18.2 Å². The number of halogens is 2. The number of ether oxygens (including phenoxy) is 1. The number of thiophene rings is 1. The first-order valence-electron chi connectivity index (χ1n) is 7.65. The van der Waals surface area contributed by atoms with Gasteiger partial charge in [0.2, 0.25) is 0 Å². The zero-order chi connectivity index (χ0) is 18.6. The quantitative estimate of drug-likeness (QED) is 0.768. The van der Waals surface area contributed by atoms with Gasteiger partial charge in [-0.2, -0.15) is 5.26 Å². The molecule has 0 radical (unpaired) electrons. The van der Waals surface area contributed by atoms with Gasteiger partial charge >= 0.3 is 5.97 Å². The smallest absolute Gasteiger partial charge is 0.348 e. The molecule has 1 aromatic heterocycles. The van der Waals surface area contributed by atoms with Crippen LogP contribution in [0.5, 0.6) is 0 Å². The summed E-state index contributed by atoms with van der Waals surface area (Å²) in [5.41, 5.74) is 7.17. The Bertz CT molecular complexity index is 830. The molecular formula is C17H18F2N3O2S+. The molecule has 1 aromatic carbocycles. The third-order valence-electron chi connectivity index (χ3n) is 3.75. The van der Waals surface area contributed by atoms with E-state index in [4.69, 9.17) is 10.5 Å². The summed E-state index contributed by atoms with van der Waals surface area (Å²) in [5.74, 6) is -2.34. The maximum Gasteiger partial charge on any atom is 0.348 e. The Balaban J connectivity index is 2.23. The van der Waals surface area contributed by atoms with Crippen LogP contribution in [0.25, 0.3) is 0 Å². The number of rotatable bonds is 6. The highest BCUT2D eigenvalue weighted by Gasteiger charge is 2.24. The monoisotopic (exact) mass is 366 g/mol. The number of carbonyl (C=O) groups is 1. The Morgan fingerprint density at radius 1 is 1.44 bits per heavy atom. The summed E-state index contributed by atoms with van der Waals surface area (Å²) in [7, 11) is 0. The molecule has 1 heterocycles. The van der Waals surface area contributed by atoms with E-state index in [1.54, 1.807) is 6.92 Å². The van der Waals surface area contributed by atoms with Crippen molar-refractivity contribution in [3.8, 4) is 6.07 Å². The van der Waals surface area contributed by atoms with Gasteiger partial charge in [0, 0.05) is 5.56 Å². The Kier molecular flexibility index (Phi) is 6.07. The molecule has 132 valence electrons. The lowest BCUT2D eigenvalue weighted by molar-refractivity contribution is -0.707. The number of nitrogen functional groups attached to an aromatic ring is 1. The first-order valence-corrected chi connectivity index (χ1v) is 8.47. The summed E-state index contributed by atoms with van der Waals surface area (Å²) in [5, 5.41) is 11.4. The molecule has 5 nitrogen and oxygen atoms in total. The van der Waals surface area contributed by atoms with Gasteiger partial charge in [-0.3, -0.25) is 0 Å². The Morgan fingerprint density at radius 3 is 2.76 bits per heavy atom. The Hall–Kier alpha value is -2.50. The fraction of sp³-hybridized carbons (Fsp3) is 0.294. The molecule has 0 saturated carbocycles. The van der Waals surface area contributed by atoms with Crippen molar-refractivity contribution < 1.29 is 23.6 Å². The second kappa shape index (κ2) is 8.05. The number of nitrogens with zero attached hydrogens (tertiary/aromatic N) is 1. The number of benzene rings is 1. The van der Waals surface area contributed by atoms with E-state index in [0.717, 1.165) is 23.5 Å². The standard InChI is InChI=1S/C17H17F2N3O2S/c1-3-24-17(23)15-12(11(7-20)16(21)25-15)8-22-9(2)10-4-5-13(18)14(19)6-10/h4-6,9,22H,3,8,21H2,1-2H3/p+1/t9-/m1/s1. The van der Waals surface area contributed by atoms with Crippen molar-refractivity contribution in [2.24, 2.45) is 0 Å². The Morgan fingerprint density at radius 2 is 2.16 bits per heavy atom. The van der Waals surface area contributed by atoms with Gasteiger partial charge in [0.1, 0.15) is 28.5 Å². The Labute approximate surface area is 148 Å². The largest absolute Gasteiger partial charge is 0.462 e. The summed E-state index contributed by atoms with van der Waals surface area (Å²) >= 11 is 1.02. The topological polar surface area (TPSA) is 92.7 Å². The number of esters is 1. The molecule has 0 saturated heterocycles. The molecular weight excluding hydrogens is 348 g/mol. The van der Waals surface area contributed by atoms with E-state index in [-0.39, 0.29) is 29.8 Å². The minimum Gasteiger partial charge on any atom is -0.462 e. The number of nitriles is 1. The summed E-state index contributed by atoms with van der Waals surface area (Å²) in [4.78, 5) is 12.4. The lowest BCUT2D eigenvalue weighted by Crippen LogP contribution is -2.83. The maximum absolute atomic E-state index is 13.4. The summed E-state index contributed by atoms with van der Waals surface area (Å²) < 4.78 is 31.4. The lowest BCUT2D eigenvalue weighted by atomic mass is 10.1. The second-order valence-electron chi connectivity index (χ2n) is 5.38. The van der Waals surface area contributed by atoms with Gasteiger partial charge in [-0.05, 0) is 32.0 Å². The molecule has 0 spiro atoms. The third-order valence-corrected chi connectivity index (χ3v) is 4.79. The van der Waals surface area contributed by atoms with E-state index >= 15 is 0 Å². The fourth-order valence-electron chi connectivity index (χ4n) is 2.39. The van der Waals surface area contributed by atoms with Gasteiger partial charge in [0.25, 0.3) is 0 Å². The van der Waals surface area contributed by atoms with Crippen LogP contribution >= 0.6 is 11.3 Å². The molecule has 0 aliphatic carbocycles. The summed E-state index contributed by atoms with van der Waals surface area (Å²) in [6, 6.07) is 5.50. The van der Waals surface area contributed by atoms with Crippen LogP contribution in [-0.2, 0) is 11.3 Å². The SMILES string of the molecule is CCOC(=O)c1sc(N)c(C#N)c1C[NH2+][C@H](C)c1ccc(F)c(F)c1. The van der Waals surface area contributed by atoms with Gasteiger partial charge in [-0.25, -0.2) is 13.6 Å². The van der Waals surface area contributed by atoms with Crippen molar-refractivity contribution in [2.75, 3.05) is 12.3 Å². The predicted octanol–water partition coefficient (Wildman–Crippen LogP) is 2.48. The number of nitrogens with two attached hydrogens (primary N) is 2. The molecule has 0 amide bonds. The molecule has 0 unspecified atom stereocenters. The van der Waals surface area contributed by atoms with E-state index in [1.807, 2.05) is 18.3 Å². The van der Waals surface area contributed by atoms with Crippen LogP contribution in [0.2, 0.25) is 0 Å². The van der Waals surface area contributed by atoms with Crippen molar-refractivity contribution in [1.82, 2.24) is 0 Å². The average molecular weight is 366 g/mol. The molecule has 0 aliphatic rings. The minimum atomic E-state index is -0.914. The number of carbonyl (C=O) groups excluding carboxylic acids is 1.